The number of benzene rings is 2. The number of rotatable bonds is 3. The first-order valence-corrected chi connectivity index (χ1v) is 6.93. The molecule has 2 heteroatoms. The lowest BCUT2D eigenvalue weighted by atomic mass is 9.99. The zero-order valence-corrected chi connectivity index (χ0v) is 11.1. The Morgan fingerprint density at radius 2 is 1.74 bits per heavy atom. The molecule has 0 saturated carbocycles. The minimum absolute atomic E-state index is 0.672. The quantitative estimate of drug-likeness (QED) is 0.850. The van der Waals surface area contributed by atoms with Crippen LogP contribution in [0.4, 0.5) is 5.69 Å². The van der Waals surface area contributed by atoms with Crippen LogP contribution < -0.4 is 5.73 Å². The lowest BCUT2D eigenvalue weighted by molar-refractivity contribution is 0.327. The maximum absolute atomic E-state index is 6.02. The van der Waals surface area contributed by atoms with Crippen LogP contribution in [0.5, 0.6) is 0 Å². The first kappa shape index (κ1) is 12.2. The van der Waals surface area contributed by atoms with E-state index in [1.165, 1.54) is 17.5 Å². The summed E-state index contributed by atoms with van der Waals surface area (Å²) in [6.45, 7) is 3.27. The van der Waals surface area contributed by atoms with Crippen LogP contribution in [0, 0.1) is 0 Å². The van der Waals surface area contributed by atoms with Crippen molar-refractivity contribution in [3.8, 4) is 0 Å². The zero-order valence-electron chi connectivity index (χ0n) is 11.1. The summed E-state index contributed by atoms with van der Waals surface area (Å²) in [5, 5.41) is 0. The number of nitrogens with zero attached hydrogens (tertiary/aromatic N) is 1. The molecule has 1 unspecified atom stereocenters. The van der Waals surface area contributed by atoms with Crippen LogP contribution in [-0.4, -0.2) is 18.0 Å². The average molecular weight is 252 g/mol. The van der Waals surface area contributed by atoms with E-state index in [1.807, 2.05) is 12.1 Å². The molecule has 0 radical (unpaired) electrons. The second kappa shape index (κ2) is 5.45. The second-order valence-corrected chi connectivity index (χ2v) is 5.33. The molecule has 2 N–H and O–H groups in total. The van der Waals surface area contributed by atoms with Crippen molar-refractivity contribution in [3.05, 3.63) is 65.7 Å². The fraction of sp³-hybridized carbons (Fsp3) is 0.294. The lowest BCUT2D eigenvalue weighted by Crippen LogP contribution is -2.20. The third kappa shape index (κ3) is 2.79. The molecule has 2 aromatic rings. The molecule has 2 aromatic carbocycles. The van der Waals surface area contributed by atoms with Gasteiger partial charge in [-0.25, -0.2) is 0 Å². The molecule has 1 aliphatic rings. The fourth-order valence-corrected chi connectivity index (χ4v) is 2.89. The molecule has 1 fully saturated rings. The SMILES string of the molecule is Nc1ccccc1CN1CCC(c2ccccc2)C1. The van der Waals surface area contributed by atoms with Gasteiger partial charge in [0.05, 0.1) is 0 Å². The standard InChI is InChI=1S/C17H20N2/c18-17-9-5-4-8-16(17)13-19-11-10-15(12-19)14-6-2-1-3-7-14/h1-9,15H,10-13,18H2. The molecular weight excluding hydrogens is 232 g/mol. The van der Waals surface area contributed by atoms with Gasteiger partial charge in [0.15, 0.2) is 0 Å². The van der Waals surface area contributed by atoms with Gasteiger partial charge in [-0.3, -0.25) is 4.90 Å². The summed E-state index contributed by atoms with van der Waals surface area (Å²) in [5.74, 6) is 0.672. The van der Waals surface area contributed by atoms with Gasteiger partial charge in [0.1, 0.15) is 0 Å². The lowest BCUT2D eigenvalue weighted by Gasteiger charge is -2.17. The summed E-state index contributed by atoms with van der Waals surface area (Å²) in [6.07, 6.45) is 1.25. The van der Waals surface area contributed by atoms with Crippen molar-refractivity contribution >= 4 is 5.69 Å². The monoisotopic (exact) mass is 252 g/mol. The summed E-state index contributed by atoms with van der Waals surface area (Å²) >= 11 is 0. The number of anilines is 1. The van der Waals surface area contributed by atoms with Crippen LogP contribution in [0.3, 0.4) is 0 Å². The predicted molar refractivity (Wildman–Crippen MR) is 79.9 cm³/mol. The Bertz CT molecular complexity index is 536. The number of hydrogen-bond donors (Lipinski definition) is 1. The van der Waals surface area contributed by atoms with Gasteiger partial charge in [0.25, 0.3) is 0 Å². The normalized spacial score (nSPS) is 19.7. The zero-order chi connectivity index (χ0) is 13.1. The summed E-state index contributed by atoms with van der Waals surface area (Å²) < 4.78 is 0. The van der Waals surface area contributed by atoms with Gasteiger partial charge in [0, 0.05) is 18.8 Å². The number of para-hydroxylation sites is 1. The van der Waals surface area contributed by atoms with Crippen LogP contribution in [-0.2, 0) is 6.54 Å². The van der Waals surface area contributed by atoms with Gasteiger partial charge in [-0.15, -0.1) is 0 Å². The Balaban J connectivity index is 1.65. The van der Waals surface area contributed by atoms with Crippen LogP contribution >= 0.6 is 0 Å². The highest BCUT2D eigenvalue weighted by Crippen LogP contribution is 2.28. The number of nitrogen functional groups attached to an aromatic ring is 1. The molecule has 0 aromatic heterocycles. The Labute approximate surface area is 114 Å². The van der Waals surface area contributed by atoms with Gasteiger partial charge in [-0.05, 0) is 36.1 Å². The maximum atomic E-state index is 6.02. The van der Waals surface area contributed by atoms with Gasteiger partial charge in [-0.2, -0.15) is 0 Å². The van der Waals surface area contributed by atoms with Crippen molar-refractivity contribution in [2.75, 3.05) is 18.8 Å². The fourth-order valence-electron chi connectivity index (χ4n) is 2.89. The minimum Gasteiger partial charge on any atom is -0.398 e. The molecule has 1 aliphatic heterocycles. The van der Waals surface area contributed by atoms with Crippen molar-refractivity contribution in [3.63, 3.8) is 0 Å². The molecular formula is C17H20N2. The summed E-state index contributed by atoms with van der Waals surface area (Å²) in [4.78, 5) is 2.50. The number of likely N-dealkylation sites (tertiary alicyclic amines) is 1. The van der Waals surface area contributed by atoms with E-state index in [1.54, 1.807) is 0 Å². The van der Waals surface area contributed by atoms with E-state index in [9.17, 15) is 0 Å². The van der Waals surface area contributed by atoms with Crippen LogP contribution in [0.2, 0.25) is 0 Å². The van der Waals surface area contributed by atoms with E-state index in [4.69, 9.17) is 5.73 Å². The second-order valence-electron chi connectivity index (χ2n) is 5.33. The molecule has 1 saturated heterocycles. The molecule has 0 bridgehead atoms. The molecule has 1 atom stereocenters. The van der Waals surface area contributed by atoms with Crippen LogP contribution in [0.1, 0.15) is 23.5 Å². The topological polar surface area (TPSA) is 29.3 Å². The van der Waals surface area contributed by atoms with E-state index in [2.05, 4.69) is 47.4 Å². The molecule has 1 heterocycles. The van der Waals surface area contributed by atoms with E-state index in [0.717, 1.165) is 25.3 Å². The van der Waals surface area contributed by atoms with Gasteiger partial charge in [0.2, 0.25) is 0 Å². The van der Waals surface area contributed by atoms with Crippen molar-refractivity contribution < 1.29 is 0 Å². The highest BCUT2D eigenvalue weighted by Gasteiger charge is 2.23. The first-order valence-electron chi connectivity index (χ1n) is 6.93. The van der Waals surface area contributed by atoms with Crippen molar-refractivity contribution in [1.29, 1.82) is 0 Å². The van der Waals surface area contributed by atoms with Crippen molar-refractivity contribution in [2.45, 2.75) is 18.9 Å². The van der Waals surface area contributed by atoms with Gasteiger partial charge in [-0.1, -0.05) is 48.5 Å². The average Bonchev–Trinajstić information content (AvgIpc) is 2.91. The van der Waals surface area contributed by atoms with E-state index in [-0.39, 0.29) is 0 Å². The van der Waals surface area contributed by atoms with E-state index in [0.29, 0.717) is 5.92 Å². The molecule has 0 aliphatic carbocycles. The highest BCUT2D eigenvalue weighted by molar-refractivity contribution is 5.46. The van der Waals surface area contributed by atoms with E-state index >= 15 is 0 Å². The molecule has 0 spiro atoms. The third-order valence-corrected chi connectivity index (χ3v) is 3.99. The molecule has 19 heavy (non-hydrogen) atoms. The third-order valence-electron chi connectivity index (χ3n) is 3.99. The van der Waals surface area contributed by atoms with Gasteiger partial charge >= 0.3 is 0 Å². The Kier molecular flexibility index (Phi) is 3.51. The minimum atomic E-state index is 0.672. The van der Waals surface area contributed by atoms with Crippen LogP contribution in [0.15, 0.2) is 54.6 Å². The molecule has 3 rings (SSSR count). The number of hydrogen-bond acceptors (Lipinski definition) is 2. The maximum Gasteiger partial charge on any atom is 0.0359 e. The van der Waals surface area contributed by atoms with Gasteiger partial charge < -0.3 is 5.73 Å². The van der Waals surface area contributed by atoms with E-state index < -0.39 is 0 Å². The largest absolute Gasteiger partial charge is 0.398 e. The first-order chi connectivity index (χ1) is 9.33. The Hall–Kier alpha value is -1.80. The molecule has 2 nitrogen and oxygen atoms in total. The number of nitrogens with two attached hydrogens (primary N) is 1. The molecule has 0 amide bonds. The van der Waals surface area contributed by atoms with Crippen molar-refractivity contribution in [1.82, 2.24) is 4.90 Å². The van der Waals surface area contributed by atoms with Crippen molar-refractivity contribution in [2.24, 2.45) is 0 Å². The summed E-state index contributed by atoms with van der Waals surface area (Å²) in [7, 11) is 0. The predicted octanol–water partition coefficient (Wildman–Crippen LogP) is 3.26. The Morgan fingerprint density at radius 3 is 2.53 bits per heavy atom. The smallest absolute Gasteiger partial charge is 0.0359 e. The summed E-state index contributed by atoms with van der Waals surface area (Å²) in [6, 6.07) is 19.0. The van der Waals surface area contributed by atoms with Crippen LogP contribution in [0.25, 0.3) is 0 Å². The Morgan fingerprint density at radius 1 is 1.00 bits per heavy atom. The highest BCUT2D eigenvalue weighted by atomic mass is 15.1. The summed E-state index contributed by atoms with van der Waals surface area (Å²) in [5.41, 5.74) is 9.64. The molecule has 98 valence electrons.